The molecule has 1 aromatic rings. The number of sulfonamides is 1. The van der Waals surface area contributed by atoms with Crippen LogP contribution in [0.15, 0.2) is 30.3 Å². The Kier molecular flexibility index (Phi) is 5.69. The number of hydrogen-bond acceptors (Lipinski definition) is 4. The molecule has 23 heavy (non-hydrogen) atoms. The highest BCUT2D eigenvalue weighted by molar-refractivity contribution is 7.88. The third-order valence-electron chi connectivity index (χ3n) is 4.78. The van der Waals surface area contributed by atoms with Crippen LogP contribution in [0.1, 0.15) is 18.4 Å². The zero-order valence-corrected chi connectivity index (χ0v) is 14.4. The number of morpholine rings is 1. The highest BCUT2D eigenvalue weighted by atomic mass is 32.2. The van der Waals surface area contributed by atoms with Gasteiger partial charge < -0.3 is 4.74 Å². The van der Waals surface area contributed by atoms with Gasteiger partial charge in [-0.3, -0.25) is 4.90 Å². The minimum atomic E-state index is -3.19. The Balaban J connectivity index is 1.49. The van der Waals surface area contributed by atoms with Gasteiger partial charge in [-0.15, -0.1) is 0 Å². The van der Waals surface area contributed by atoms with E-state index in [2.05, 4.69) is 4.90 Å². The van der Waals surface area contributed by atoms with Gasteiger partial charge in [-0.2, -0.15) is 0 Å². The van der Waals surface area contributed by atoms with Crippen molar-refractivity contribution in [2.45, 2.75) is 18.6 Å². The van der Waals surface area contributed by atoms with E-state index < -0.39 is 10.0 Å². The van der Waals surface area contributed by atoms with E-state index in [-0.39, 0.29) is 5.75 Å². The van der Waals surface area contributed by atoms with Crippen LogP contribution in [-0.4, -0.2) is 63.6 Å². The molecule has 5 nitrogen and oxygen atoms in total. The van der Waals surface area contributed by atoms with E-state index in [1.165, 1.54) is 0 Å². The quantitative estimate of drug-likeness (QED) is 0.818. The van der Waals surface area contributed by atoms with E-state index in [0.717, 1.165) is 51.3 Å². The summed E-state index contributed by atoms with van der Waals surface area (Å²) < 4.78 is 32.2. The summed E-state index contributed by atoms with van der Waals surface area (Å²) in [5.41, 5.74) is 0.864. The first kappa shape index (κ1) is 16.9. The van der Waals surface area contributed by atoms with Crippen molar-refractivity contribution in [3.8, 4) is 0 Å². The first-order chi connectivity index (χ1) is 11.1. The summed E-state index contributed by atoms with van der Waals surface area (Å²) in [5.74, 6) is 0.721. The molecule has 128 valence electrons. The predicted molar refractivity (Wildman–Crippen MR) is 90.6 cm³/mol. The molecule has 6 heteroatoms. The summed E-state index contributed by atoms with van der Waals surface area (Å²) >= 11 is 0. The Labute approximate surface area is 139 Å². The van der Waals surface area contributed by atoms with Crippen LogP contribution in [0.4, 0.5) is 0 Å². The van der Waals surface area contributed by atoms with Crippen molar-refractivity contribution in [2.75, 3.05) is 45.9 Å². The zero-order valence-electron chi connectivity index (χ0n) is 13.6. The molecule has 0 spiro atoms. The van der Waals surface area contributed by atoms with Crippen molar-refractivity contribution >= 4 is 10.0 Å². The summed E-state index contributed by atoms with van der Waals surface area (Å²) in [6.07, 6.45) is 1.93. The van der Waals surface area contributed by atoms with Gasteiger partial charge in [0.05, 0.1) is 19.0 Å². The average Bonchev–Trinajstić information content (AvgIpc) is 2.57. The van der Waals surface area contributed by atoms with Crippen LogP contribution in [0.3, 0.4) is 0 Å². The molecule has 0 radical (unpaired) electrons. The Morgan fingerprint density at radius 3 is 2.30 bits per heavy atom. The summed E-state index contributed by atoms with van der Waals surface area (Å²) in [6.45, 7) is 6.05. The maximum absolute atomic E-state index is 12.6. The molecule has 0 amide bonds. The topological polar surface area (TPSA) is 49.9 Å². The molecule has 1 aromatic carbocycles. The highest BCUT2D eigenvalue weighted by Crippen LogP contribution is 2.22. The molecule has 3 rings (SSSR count). The smallest absolute Gasteiger partial charge is 0.218 e. The van der Waals surface area contributed by atoms with Gasteiger partial charge in [0.1, 0.15) is 0 Å². The molecular formula is C17H26N2O3S. The van der Waals surface area contributed by atoms with E-state index in [0.29, 0.717) is 19.0 Å². The minimum absolute atomic E-state index is 0.113. The third-order valence-corrected chi connectivity index (χ3v) is 6.63. The Hall–Kier alpha value is -0.950. The van der Waals surface area contributed by atoms with E-state index in [9.17, 15) is 8.42 Å². The van der Waals surface area contributed by atoms with Crippen molar-refractivity contribution < 1.29 is 13.2 Å². The van der Waals surface area contributed by atoms with Crippen LogP contribution in [0, 0.1) is 5.92 Å². The van der Waals surface area contributed by atoms with Crippen molar-refractivity contribution in [3.05, 3.63) is 35.9 Å². The van der Waals surface area contributed by atoms with Gasteiger partial charge in [-0.05, 0) is 24.3 Å². The molecule has 0 atom stereocenters. The molecule has 2 heterocycles. The molecule has 0 saturated carbocycles. The summed E-state index contributed by atoms with van der Waals surface area (Å²) in [6, 6.07) is 9.44. The Bertz CT molecular complexity index is 577. The second-order valence-electron chi connectivity index (χ2n) is 6.50. The second kappa shape index (κ2) is 7.75. The summed E-state index contributed by atoms with van der Waals surface area (Å²) in [7, 11) is -3.19. The Morgan fingerprint density at radius 2 is 1.65 bits per heavy atom. The SMILES string of the molecule is O=S(=O)(Cc1ccccc1)N1CCC(CN2CCOCC2)CC1. The molecule has 0 bridgehead atoms. The number of ether oxygens (including phenoxy) is 1. The third kappa shape index (κ3) is 4.76. The number of piperidine rings is 1. The lowest BCUT2D eigenvalue weighted by molar-refractivity contribution is 0.0269. The molecule has 0 N–H and O–H groups in total. The van der Waals surface area contributed by atoms with Crippen molar-refractivity contribution in [2.24, 2.45) is 5.92 Å². The van der Waals surface area contributed by atoms with Gasteiger partial charge in [-0.25, -0.2) is 12.7 Å². The van der Waals surface area contributed by atoms with E-state index in [4.69, 9.17) is 4.74 Å². The van der Waals surface area contributed by atoms with E-state index in [1.807, 2.05) is 30.3 Å². The lowest BCUT2D eigenvalue weighted by atomic mass is 9.97. The maximum Gasteiger partial charge on any atom is 0.218 e. The molecule has 2 aliphatic rings. The lowest BCUT2D eigenvalue weighted by Gasteiger charge is -2.35. The Morgan fingerprint density at radius 1 is 1.00 bits per heavy atom. The van der Waals surface area contributed by atoms with E-state index >= 15 is 0 Å². The molecule has 2 fully saturated rings. The second-order valence-corrected chi connectivity index (χ2v) is 8.47. The number of nitrogens with zero attached hydrogens (tertiary/aromatic N) is 2. The number of rotatable bonds is 5. The van der Waals surface area contributed by atoms with Gasteiger partial charge in [0, 0.05) is 32.7 Å². The summed E-state index contributed by atoms with van der Waals surface area (Å²) in [4.78, 5) is 2.45. The van der Waals surface area contributed by atoms with Gasteiger partial charge in [0.25, 0.3) is 0 Å². The standard InChI is InChI=1S/C17H26N2O3S/c20-23(21,15-17-4-2-1-3-5-17)19-8-6-16(7-9-19)14-18-10-12-22-13-11-18/h1-5,16H,6-15H2. The lowest BCUT2D eigenvalue weighted by Crippen LogP contribution is -2.44. The highest BCUT2D eigenvalue weighted by Gasteiger charge is 2.29. The molecule has 0 aromatic heterocycles. The molecule has 2 aliphatic heterocycles. The fraction of sp³-hybridized carbons (Fsp3) is 0.647. The number of hydrogen-bond donors (Lipinski definition) is 0. The van der Waals surface area contributed by atoms with Gasteiger partial charge in [0.15, 0.2) is 0 Å². The zero-order chi connectivity index (χ0) is 16.1. The fourth-order valence-corrected chi connectivity index (χ4v) is 4.96. The van der Waals surface area contributed by atoms with Crippen LogP contribution in [0.25, 0.3) is 0 Å². The minimum Gasteiger partial charge on any atom is -0.379 e. The van der Waals surface area contributed by atoms with Crippen LogP contribution in [0.2, 0.25) is 0 Å². The van der Waals surface area contributed by atoms with Gasteiger partial charge in [-0.1, -0.05) is 30.3 Å². The normalized spacial score (nSPS) is 22.3. The van der Waals surface area contributed by atoms with Gasteiger partial charge in [0.2, 0.25) is 10.0 Å². The predicted octanol–water partition coefficient (Wildman–Crippen LogP) is 1.56. The van der Waals surface area contributed by atoms with Crippen LogP contribution in [0.5, 0.6) is 0 Å². The average molecular weight is 338 g/mol. The van der Waals surface area contributed by atoms with Crippen molar-refractivity contribution in [3.63, 3.8) is 0 Å². The first-order valence-corrected chi connectivity index (χ1v) is 10.1. The monoisotopic (exact) mass is 338 g/mol. The van der Waals surface area contributed by atoms with Crippen LogP contribution >= 0.6 is 0 Å². The first-order valence-electron chi connectivity index (χ1n) is 8.45. The summed E-state index contributed by atoms with van der Waals surface area (Å²) in [5, 5.41) is 0. The largest absolute Gasteiger partial charge is 0.379 e. The van der Waals surface area contributed by atoms with Crippen molar-refractivity contribution in [1.82, 2.24) is 9.21 Å². The van der Waals surface area contributed by atoms with E-state index in [1.54, 1.807) is 4.31 Å². The van der Waals surface area contributed by atoms with Crippen LogP contribution in [-0.2, 0) is 20.5 Å². The molecule has 2 saturated heterocycles. The van der Waals surface area contributed by atoms with Crippen LogP contribution < -0.4 is 0 Å². The maximum atomic E-state index is 12.6. The molecular weight excluding hydrogens is 312 g/mol. The molecule has 0 aliphatic carbocycles. The van der Waals surface area contributed by atoms with Crippen molar-refractivity contribution in [1.29, 1.82) is 0 Å². The number of benzene rings is 1. The molecule has 0 unspecified atom stereocenters. The fourth-order valence-electron chi connectivity index (χ4n) is 3.40. The van der Waals surface area contributed by atoms with Gasteiger partial charge >= 0.3 is 0 Å².